The summed E-state index contributed by atoms with van der Waals surface area (Å²) in [6, 6.07) is 37.6. The quantitative estimate of drug-likeness (QED) is 0.372. The molecule has 2 heteroatoms. The van der Waals surface area contributed by atoms with Crippen molar-refractivity contribution in [3.63, 3.8) is 0 Å². The Balaban J connectivity index is 1.32. The van der Waals surface area contributed by atoms with Gasteiger partial charge in [-0.1, -0.05) is 103 Å². The Morgan fingerprint density at radius 2 is 1.47 bits per heavy atom. The Bertz CT molecular complexity index is 1130. The van der Waals surface area contributed by atoms with Crippen molar-refractivity contribution in [2.45, 2.75) is 25.4 Å². The molecule has 4 aromatic rings. The molecule has 1 aliphatic heterocycles. The van der Waals surface area contributed by atoms with Crippen LogP contribution in [0.25, 0.3) is 10.8 Å². The van der Waals surface area contributed by atoms with Crippen LogP contribution in [0.1, 0.15) is 35.6 Å². The maximum Gasteiger partial charge on any atom is 0.0298 e. The zero-order valence-corrected chi connectivity index (χ0v) is 18.8. The van der Waals surface area contributed by atoms with Crippen molar-refractivity contribution in [3.05, 3.63) is 120 Å². The summed E-state index contributed by atoms with van der Waals surface area (Å²) in [4.78, 5) is 2.63. The van der Waals surface area contributed by atoms with E-state index in [1.807, 2.05) is 0 Å². The minimum absolute atomic E-state index is 0.320. The summed E-state index contributed by atoms with van der Waals surface area (Å²) < 4.78 is 0. The Kier molecular flexibility index (Phi) is 6.34. The summed E-state index contributed by atoms with van der Waals surface area (Å²) in [5.41, 5.74) is 4.25. The van der Waals surface area contributed by atoms with Gasteiger partial charge in [-0.05, 0) is 40.3 Å². The number of nitrogens with zero attached hydrogens (tertiary/aromatic N) is 1. The van der Waals surface area contributed by atoms with Crippen molar-refractivity contribution in [2.24, 2.45) is 5.92 Å². The van der Waals surface area contributed by atoms with E-state index in [0.717, 1.165) is 26.2 Å². The van der Waals surface area contributed by atoms with Crippen LogP contribution in [0.4, 0.5) is 0 Å². The van der Waals surface area contributed by atoms with E-state index in [1.165, 1.54) is 27.5 Å². The van der Waals surface area contributed by atoms with E-state index >= 15 is 0 Å². The van der Waals surface area contributed by atoms with Crippen molar-refractivity contribution >= 4 is 10.8 Å². The van der Waals surface area contributed by atoms with Crippen molar-refractivity contribution in [2.75, 3.05) is 19.6 Å². The lowest BCUT2D eigenvalue weighted by molar-refractivity contribution is 0.312. The fourth-order valence-corrected chi connectivity index (χ4v) is 5.28. The second kappa shape index (κ2) is 9.68. The van der Waals surface area contributed by atoms with E-state index < -0.39 is 0 Å². The number of benzene rings is 4. The molecule has 0 aliphatic carbocycles. The molecule has 0 bridgehead atoms. The second-order valence-corrected chi connectivity index (χ2v) is 9.16. The summed E-state index contributed by atoms with van der Waals surface area (Å²) >= 11 is 0. The lowest BCUT2D eigenvalue weighted by Gasteiger charge is -2.23. The zero-order chi connectivity index (χ0) is 21.8. The third kappa shape index (κ3) is 4.62. The predicted molar refractivity (Wildman–Crippen MR) is 135 cm³/mol. The molecule has 0 spiro atoms. The van der Waals surface area contributed by atoms with Crippen molar-refractivity contribution in [1.29, 1.82) is 0 Å². The fourth-order valence-electron chi connectivity index (χ4n) is 5.28. The molecule has 0 saturated carbocycles. The summed E-state index contributed by atoms with van der Waals surface area (Å²) in [5.74, 6) is 1.16. The van der Waals surface area contributed by atoms with E-state index in [4.69, 9.17) is 0 Å². The molecule has 5 rings (SSSR count). The van der Waals surface area contributed by atoms with Gasteiger partial charge in [0, 0.05) is 38.1 Å². The van der Waals surface area contributed by atoms with Gasteiger partial charge in [-0.2, -0.15) is 0 Å². The first-order valence-corrected chi connectivity index (χ1v) is 11.8. The molecule has 0 radical (unpaired) electrons. The zero-order valence-electron chi connectivity index (χ0n) is 18.8. The monoisotopic (exact) mass is 420 g/mol. The van der Waals surface area contributed by atoms with Gasteiger partial charge in [-0.25, -0.2) is 0 Å². The van der Waals surface area contributed by atoms with E-state index in [9.17, 15) is 0 Å². The SMILES string of the molecule is C[C@@H](NC[C@H]1CN(Cc2ccccc2)C[C@@H]1c1ccccc1)c1cccc2ccccc12. The van der Waals surface area contributed by atoms with Crippen LogP contribution in [0.2, 0.25) is 0 Å². The molecule has 0 aromatic heterocycles. The molecule has 2 nitrogen and oxygen atoms in total. The highest BCUT2D eigenvalue weighted by Crippen LogP contribution is 2.34. The van der Waals surface area contributed by atoms with E-state index in [2.05, 4.69) is 120 Å². The number of hydrogen-bond acceptors (Lipinski definition) is 2. The van der Waals surface area contributed by atoms with Crippen LogP contribution in [0.5, 0.6) is 0 Å². The van der Waals surface area contributed by atoms with E-state index in [0.29, 0.717) is 17.9 Å². The van der Waals surface area contributed by atoms with Crippen molar-refractivity contribution < 1.29 is 0 Å². The second-order valence-electron chi connectivity index (χ2n) is 9.16. The minimum atomic E-state index is 0.320. The number of rotatable bonds is 7. The first-order valence-electron chi connectivity index (χ1n) is 11.8. The molecule has 0 amide bonds. The molecule has 1 fully saturated rings. The number of likely N-dealkylation sites (tertiary alicyclic amines) is 1. The summed E-state index contributed by atoms with van der Waals surface area (Å²) in [6.07, 6.45) is 0. The summed E-state index contributed by atoms with van der Waals surface area (Å²) in [7, 11) is 0. The highest BCUT2D eigenvalue weighted by molar-refractivity contribution is 5.86. The molecule has 162 valence electrons. The molecule has 4 aromatic carbocycles. The number of hydrogen-bond donors (Lipinski definition) is 1. The van der Waals surface area contributed by atoms with Gasteiger partial charge in [0.15, 0.2) is 0 Å². The Morgan fingerprint density at radius 3 is 2.28 bits per heavy atom. The Hall–Kier alpha value is -2.94. The lowest BCUT2D eigenvalue weighted by Crippen LogP contribution is -2.30. The third-order valence-electron chi connectivity index (χ3n) is 6.97. The lowest BCUT2D eigenvalue weighted by atomic mass is 9.88. The average Bonchev–Trinajstić information content (AvgIpc) is 3.26. The Labute approximate surface area is 191 Å². The smallest absolute Gasteiger partial charge is 0.0298 e. The predicted octanol–water partition coefficient (Wildman–Crippen LogP) is 6.41. The van der Waals surface area contributed by atoms with Gasteiger partial charge in [-0.15, -0.1) is 0 Å². The van der Waals surface area contributed by atoms with Crippen LogP contribution < -0.4 is 5.32 Å². The standard InChI is InChI=1S/C30H32N2/c1-23(28-18-10-16-25-15-8-9-17-29(25)28)31-19-27-21-32(20-24-11-4-2-5-12-24)22-30(27)26-13-6-3-7-14-26/h2-18,23,27,30-31H,19-22H2,1H3/t23-,27+,30-/m1/s1. The van der Waals surface area contributed by atoms with Crippen LogP contribution in [0, 0.1) is 5.92 Å². The Morgan fingerprint density at radius 1 is 0.781 bits per heavy atom. The van der Waals surface area contributed by atoms with E-state index in [-0.39, 0.29) is 0 Å². The third-order valence-corrected chi connectivity index (χ3v) is 6.97. The molecule has 0 unspecified atom stereocenters. The van der Waals surface area contributed by atoms with Gasteiger partial charge in [-0.3, -0.25) is 4.90 Å². The van der Waals surface area contributed by atoms with Crippen LogP contribution in [0.15, 0.2) is 103 Å². The summed E-state index contributed by atoms with van der Waals surface area (Å²) in [5, 5.41) is 6.56. The molecule has 1 N–H and O–H groups in total. The van der Waals surface area contributed by atoms with Crippen LogP contribution >= 0.6 is 0 Å². The fraction of sp³-hybridized carbons (Fsp3) is 0.267. The number of fused-ring (bicyclic) bond motifs is 1. The van der Waals surface area contributed by atoms with Gasteiger partial charge < -0.3 is 5.32 Å². The van der Waals surface area contributed by atoms with Crippen LogP contribution in [-0.4, -0.2) is 24.5 Å². The molecular weight excluding hydrogens is 388 g/mol. The van der Waals surface area contributed by atoms with Crippen LogP contribution in [-0.2, 0) is 6.54 Å². The minimum Gasteiger partial charge on any atom is -0.310 e. The molecule has 1 aliphatic rings. The molecule has 1 heterocycles. The van der Waals surface area contributed by atoms with Gasteiger partial charge in [0.25, 0.3) is 0 Å². The molecule has 32 heavy (non-hydrogen) atoms. The van der Waals surface area contributed by atoms with Crippen molar-refractivity contribution in [3.8, 4) is 0 Å². The largest absolute Gasteiger partial charge is 0.310 e. The van der Waals surface area contributed by atoms with Crippen molar-refractivity contribution in [1.82, 2.24) is 10.2 Å². The normalized spacial score (nSPS) is 19.9. The van der Waals surface area contributed by atoms with Gasteiger partial charge in [0.2, 0.25) is 0 Å². The first kappa shape index (κ1) is 20.9. The molecule has 3 atom stereocenters. The maximum absolute atomic E-state index is 3.89. The van der Waals surface area contributed by atoms with E-state index in [1.54, 1.807) is 0 Å². The highest BCUT2D eigenvalue weighted by atomic mass is 15.2. The summed E-state index contributed by atoms with van der Waals surface area (Å²) in [6.45, 7) is 6.60. The maximum atomic E-state index is 3.89. The van der Waals surface area contributed by atoms with Crippen LogP contribution in [0.3, 0.4) is 0 Å². The topological polar surface area (TPSA) is 15.3 Å². The number of nitrogens with one attached hydrogen (secondary N) is 1. The van der Waals surface area contributed by atoms with Gasteiger partial charge in [0.05, 0.1) is 0 Å². The van der Waals surface area contributed by atoms with Gasteiger partial charge in [0.1, 0.15) is 0 Å². The first-order chi connectivity index (χ1) is 15.8. The highest BCUT2D eigenvalue weighted by Gasteiger charge is 2.33. The molecule has 1 saturated heterocycles. The van der Waals surface area contributed by atoms with Gasteiger partial charge >= 0.3 is 0 Å². The molecular formula is C30H32N2. The average molecular weight is 421 g/mol.